The molecular weight excluding hydrogens is 359 g/mol. The van der Waals surface area contributed by atoms with E-state index in [4.69, 9.17) is 8.83 Å². The molecular formula is C20H16F3NO3. The second kappa shape index (κ2) is 7.99. The number of furan rings is 2. The van der Waals surface area contributed by atoms with Crippen molar-refractivity contribution in [3.8, 4) is 0 Å². The number of benzene rings is 1. The highest BCUT2D eigenvalue weighted by Crippen LogP contribution is 2.29. The summed E-state index contributed by atoms with van der Waals surface area (Å²) >= 11 is 0. The number of nitrogens with zero attached hydrogens (tertiary/aromatic N) is 1. The lowest BCUT2D eigenvalue weighted by molar-refractivity contribution is -0.137. The number of hydrogen-bond acceptors (Lipinski definition) is 3. The van der Waals surface area contributed by atoms with Gasteiger partial charge in [0.2, 0.25) is 5.91 Å². The smallest absolute Gasteiger partial charge is 0.416 e. The van der Waals surface area contributed by atoms with Crippen LogP contribution < -0.4 is 0 Å². The molecule has 0 N–H and O–H groups in total. The van der Waals surface area contributed by atoms with Crippen LogP contribution in [0.25, 0.3) is 6.08 Å². The highest BCUT2D eigenvalue weighted by Gasteiger charge is 2.30. The summed E-state index contributed by atoms with van der Waals surface area (Å²) in [5.41, 5.74) is -0.478. The predicted octanol–water partition coefficient (Wildman–Crippen LogP) is 5.13. The van der Waals surface area contributed by atoms with Crippen LogP contribution in [0.15, 0.2) is 76.0 Å². The van der Waals surface area contributed by atoms with Gasteiger partial charge in [-0.1, -0.05) is 12.1 Å². The molecule has 3 rings (SSSR count). The van der Waals surface area contributed by atoms with Crippen LogP contribution in [0, 0.1) is 0 Å². The fourth-order valence-electron chi connectivity index (χ4n) is 2.48. The quantitative estimate of drug-likeness (QED) is 0.561. The zero-order valence-electron chi connectivity index (χ0n) is 14.1. The van der Waals surface area contributed by atoms with E-state index >= 15 is 0 Å². The van der Waals surface area contributed by atoms with Gasteiger partial charge in [-0.05, 0) is 48.0 Å². The normalized spacial score (nSPS) is 11.8. The van der Waals surface area contributed by atoms with Crippen LogP contribution in [-0.4, -0.2) is 10.8 Å². The first-order chi connectivity index (χ1) is 12.9. The summed E-state index contributed by atoms with van der Waals surface area (Å²) < 4.78 is 48.9. The summed E-state index contributed by atoms with van der Waals surface area (Å²) in [6.45, 7) is 0.416. The number of carbonyl (C=O) groups is 1. The third kappa shape index (κ3) is 5.13. The lowest BCUT2D eigenvalue weighted by Gasteiger charge is -2.18. The number of alkyl halides is 3. The summed E-state index contributed by atoms with van der Waals surface area (Å²) in [5.74, 6) is 0.796. The third-order valence-corrected chi connectivity index (χ3v) is 3.80. The highest BCUT2D eigenvalue weighted by molar-refractivity contribution is 5.91. The van der Waals surface area contributed by atoms with Gasteiger partial charge in [-0.2, -0.15) is 13.2 Å². The summed E-state index contributed by atoms with van der Waals surface area (Å²) in [5, 5.41) is 0. The van der Waals surface area contributed by atoms with Crippen molar-refractivity contribution < 1.29 is 26.8 Å². The summed E-state index contributed by atoms with van der Waals surface area (Å²) in [6, 6.07) is 11.7. The Labute approximate surface area is 153 Å². The zero-order chi connectivity index (χ0) is 19.3. The van der Waals surface area contributed by atoms with Crippen molar-refractivity contribution in [2.45, 2.75) is 19.3 Å². The van der Waals surface area contributed by atoms with Crippen molar-refractivity contribution in [2.75, 3.05) is 0 Å². The molecule has 0 saturated heterocycles. The molecule has 0 saturated carbocycles. The van der Waals surface area contributed by atoms with Gasteiger partial charge in [0.05, 0.1) is 31.2 Å². The molecule has 2 aromatic heterocycles. The molecule has 27 heavy (non-hydrogen) atoms. The average Bonchev–Trinajstić information content (AvgIpc) is 3.33. The Bertz CT molecular complexity index is 861. The van der Waals surface area contributed by atoms with Crippen molar-refractivity contribution in [1.29, 1.82) is 0 Å². The maximum Gasteiger partial charge on any atom is 0.416 e. The number of amides is 1. The van der Waals surface area contributed by atoms with Crippen LogP contribution in [0.5, 0.6) is 0 Å². The van der Waals surface area contributed by atoms with Crippen LogP contribution in [0.2, 0.25) is 0 Å². The number of rotatable bonds is 6. The molecule has 140 valence electrons. The van der Waals surface area contributed by atoms with Crippen molar-refractivity contribution >= 4 is 12.0 Å². The van der Waals surface area contributed by atoms with Gasteiger partial charge in [-0.25, -0.2) is 0 Å². The van der Waals surface area contributed by atoms with E-state index in [1.807, 2.05) is 0 Å². The first kappa shape index (κ1) is 18.6. The van der Waals surface area contributed by atoms with Crippen LogP contribution in [-0.2, 0) is 24.1 Å². The van der Waals surface area contributed by atoms with Gasteiger partial charge in [-0.15, -0.1) is 0 Å². The Morgan fingerprint density at radius 2 is 1.59 bits per heavy atom. The molecule has 0 spiro atoms. The monoisotopic (exact) mass is 375 g/mol. The Morgan fingerprint density at radius 3 is 2.11 bits per heavy atom. The van der Waals surface area contributed by atoms with E-state index in [9.17, 15) is 18.0 Å². The largest absolute Gasteiger partial charge is 0.467 e. The highest BCUT2D eigenvalue weighted by atomic mass is 19.4. The summed E-state index contributed by atoms with van der Waals surface area (Å²) in [6.07, 6.45) is 1.17. The topological polar surface area (TPSA) is 46.6 Å². The van der Waals surface area contributed by atoms with E-state index in [0.717, 1.165) is 12.1 Å². The molecule has 0 aliphatic rings. The maximum atomic E-state index is 12.8. The van der Waals surface area contributed by atoms with Gasteiger partial charge in [0.1, 0.15) is 11.5 Å². The van der Waals surface area contributed by atoms with Gasteiger partial charge in [-0.3, -0.25) is 4.79 Å². The molecule has 0 atom stereocenters. The number of carbonyl (C=O) groups excluding carboxylic acids is 1. The van der Waals surface area contributed by atoms with Crippen LogP contribution >= 0.6 is 0 Å². The molecule has 1 amide bonds. The maximum absolute atomic E-state index is 12.8. The molecule has 0 aliphatic carbocycles. The second-order valence-electron chi connectivity index (χ2n) is 5.81. The van der Waals surface area contributed by atoms with Gasteiger partial charge >= 0.3 is 6.18 Å². The summed E-state index contributed by atoms with van der Waals surface area (Å²) in [4.78, 5) is 14.1. The molecule has 0 radical (unpaired) electrons. The van der Waals surface area contributed by atoms with Gasteiger partial charge < -0.3 is 13.7 Å². The summed E-state index contributed by atoms with van der Waals surface area (Å²) in [7, 11) is 0. The minimum atomic E-state index is -4.43. The molecule has 1 aromatic carbocycles. The van der Waals surface area contributed by atoms with Crippen LogP contribution in [0.3, 0.4) is 0 Å². The van der Waals surface area contributed by atoms with Crippen molar-refractivity contribution in [2.24, 2.45) is 0 Å². The fourth-order valence-corrected chi connectivity index (χ4v) is 2.48. The van der Waals surface area contributed by atoms with Crippen molar-refractivity contribution in [3.63, 3.8) is 0 Å². The molecule has 2 heterocycles. The SMILES string of the molecule is O=C(/C=C/c1cccc(C(F)(F)F)c1)N(Cc1ccco1)Cc1ccco1. The van der Waals surface area contributed by atoms with E-state index in [1.165, 1.54) is 41.7 Å². The van der Waals surface area contributed by atoms with Crippen molar-refractivity contribution in [1.82, 2.24) is 4.90 Å². The minimum Gasteiger partial charge on any atom is -0.467 e. The molecule has 0 unspecified atom stereocenters. The predicted molar refractivity (Wildman–Crippen MR) is 92.1 cm³/mol. The standard InChI is InChI=1S/C20H16F3NO3/c21-20(22,23)16-5-1-4-15(12-16)8-9-19(25)24(13-17-6-2-10-26-17)14-18-7-3-11-27-18/h1-12H,13-14H2/b9-8+. The fraction of sp³-hybridized carbons (Fsp3) is 0.150. The molecule has 0 bridgehead atoms. The molecule has 4 nitrogen and oxygen atoms in total. The minimum absolute atomic E-state index is 0.208. The molecule has 0 aliphatic heterocycles. The van der Waals surface area contributed by atoms with Gasteiger partial charge in [0, 0.05) is 6.08 Å². The molecule has 7 heteroatoms. The zero-order valence-corrected chi connectivity index (χ0v) is 14.1. The Kier molecular flexibility index (Phi) is 5.49. The lowest BCUT2D eigenvalue weighted by atomic mass is 10.1. The second-order valence-corrected chi connectivity index (χ2v) is 5.81. The Balaban J connectivity index is 1.76. The Hall–Kier alpha value is -3.22. The number of halogens is 3. The van der Waals surface area contributed by atoms with Crippen LogP contribution in [0.4, 0.5) is 13.2 Å². The van der Waals surface area contributed by atoms with Crippen molar-refractivity contribution in [3.05, 3.63) is 89.8 Å². The first-order valence-corrected chi connectivity index (χ1v) is 8.11. The van der Waals surface area contributed by atoms with E-state index in [2.05, 4.69) is 0 Å². The van der Waals surface area contributed by atoms with E-state index < -0.39 is 11.7 Å². The van der Waals surface area contributed by atoms with E-state index in [0.29, 0.717) is 11.5 Å². The van der Waals surface area contributed by atoms with E-state index in [1.54, 1.807) is 24.3 Å². The Morgan fingerprint density at radius 1 is 0.963 bits per heavy atom. The third-order valence-electron chi connectivity index (χ3n) is 3.80. The van der Waals surface area contributed by atoms with E-state index in [-0.39, 0.29) is 24.6 Å². The van der Waals surface area contributed by atoms with Gasteiger partial charge in [0.25, 0.3) is 0 Å². The molecule has 0 fully saturated rings. The first-order valence-electron chi connectivity index (χ1n) is 8.11. The average molecular weight is 375 g/mol. The van der Waals surface area contributed by atoms with Crippen LogP contribution in [0.1, 0.15) is 22.6 Å². The molecule has 3 aromatic rings. The lowest BCUT2D eigenvalue weighted by Crippen LogP contribution is -2.28. The number of hydrogen-bond donors (Lipinski definition) is 0. The van der Waals surface area contributed by atoms with Gasteiger partial charge in [0.15, 0.2) is 0 Å².